The van der Waals surface area contributed by atoms with E-state index in [0.717, 1.165) is 6.07 Å². The highest BCUT2D eigenvalue weighted by Gasteiger charge is 2.17. The predicted octanol–water partition coefficient (Wildman–Crippen LogP) is -0.466. The van der Waals surface area contributed by atoms with Gasteiger partial charge in [-0.15, -0.1) is 4.83 Å². The molecule has 0 unspecified atom stereocenters. The zero-order chi connectivity index (χ0) is 16.4. The van der Waals surface area contributed by atoms with Crippen molar-refractivity contribution in [1.29, 1.82) is 0 Å². The normalized spacial score (nSPS) is 11.5. The van der Waals surface area contributed by atoms with Gasteiger partial charge in [-0.3, -0.25) is 20.2 Å². The molecule has 11 heteroatoms. The van der Waals surface area contributed by atoms with E-state index in [4.69, 9.17) is 4.42 Å². The van der Waals surface area contributed by atoms with E-state index in [9.17, 15) is 18.0 Å². The number of fused-ring (bicyclic) bond motifs is 1. The van der Waals surface area contributed by atoms with Crippen LogP contribution >= 0.6 is 0 Å². The molecule has 2 aromatic heterocycles. The van der Waals surface area contributed by atoms with Crippen molar-refractivity contribution in [2.24, 2.45) is 0 Å². The lowest BCUT2D eigenvalue weighted by molar-refractivity contribution is 0.0939. The molecule has 0 aliphatic rings. The first-order valence-corrected chi connectivity index (χ1v) is 7.65. The third kappa shape index (κ3) is 3.09. The summed E-state index contributed by atoms with van der Waals surface area (Å²) < 4.78 is 29.0. The van der Waals surface area contributed by atoms with Crippen molar-refractivity contribution in [3.8, 4) is 0 Å². The van der Waals surface area contributed by atoms with E-state index in [2.05, 4.69) is 15.0 Å². The first kappa shape index (κ1) is 14.9. The van der Waals surface area contributed by atoms with Crippen molar-refractivity contribution in [3.05, 3.63) is 53.0 Å². The Balaban J connectivity index is 1.80. The molecule has 0 fully saturated rings. The van der Waals surface area contributed by atoms with Crippen LogP contribution in [-0.4, -0.2) is 29.3 Å². The molecule has 0 aliphatic carbocycles. The van der Waals surface area contributed by atoms with Crippen molar-refractivity contribution in [2.45, 2.75) is 4.90 Å². The average Bonchev–Trinajstić information content (AvgIpc) is 2.92. The number of oxazole rings is 1. The quantitative estimate of drug-likeness (QED) is 0.546. The smallest absolute Gasteiger partial charge is 0.408 e. The molecule has 0 radical (unpaired) electrons. The van der Waals surface area contributed by atoms with E-state index in [1.807, 2.05) is 10.3 Å². The Morgan fingerprint density at radius 3 is 2.83 bits per heavy atom. The Kier molecular flexibility index (Phi) is 3.64. The number of hydrogen-bond donors (Lipinski definition) is 3. The Morgan fingerprint density at radius 2 is 2.09 bits per heavy atom. The maximum atomic E-state index is 12.1. The molecule has 0 aliphatic heterocycles. The lowest BCUT2D eigenvalue weighted by Gasteiger charge is -2.07. The van der Waals surface area contributed by atoms with E-state index < -0.39 is 21.7 Å². The minimum Gasteiger partial charge on any atom is -0.408 e. The van der Waals surface area contributed by atoms with E-state index in [1.165, 1.54) is 30.7 Å². The topological polar surface area (TPSA) is 147 Å². The monoisotopic (exact) mass is 335 g/mol. The molecule has 2 heterocycles. The summed E-state index contributed by atoms with van der Waals surface area (Å²) in [7, 11) is -4.05. The molecular weight excluding hydrogens is 326 g/mol. The minimum absolute atomic E-state index is 0.0534. The number of amides is 1. The molecule has 23 heavy (non-hydrogen) atoms. The van der Waals surface area contributed by atoms with Crippen LogP contribution in [0.3, 0.4) is 0 Å². The summed E-state index contributed by atoms with van der Waals surface area (Å²) in [5.41, 5.74) is 2.40. The molecule has 0 saturated carbocycles. The second-order valence-corrected chi connectivity index (χ2v) is 6.01. The molecule has 3 N–H and O–H groups in total. The van der Waals surface area contributed by atoms with Gasteiger partial charge in [0.15, 0.2) is 5.58 Å². The number of carbonyl (C=O) groups is 1. The fourth-order valence-corrected chi connectivity index (χ4v) is 2.60. The lowest BCUT2D eigenvalue weighted by atomic mass is 10.3. The maximum Gasteiger partial charge on any atom is 0.417 e. The molecule has 3 aromatic rings. The number of benzene rings is 1. The van der Waals surface area contributed by atoms with Crippen LogP contribution in [0.15, 0.2) is 50.9 Å². The van der Waals surface area contributed by atoms with Gasteiger partial charge in [0, 0.05) is 18.5 Å². The largest absolute Gasteiger partial charge is 0.417 e. The maximum absolute atomic E-state index is 12.1. The summed E-state index contributed by atoms with van der Waals surface area (Å²) in [6, 6.07) is 3.79. The number of nitrogens with zero attached hydrogens (tertiary/aromatic N) is 2. The van der Waals surface area contributed by atoms with Gasteiger partial charge in [-0.05, 0) is 12.1 Å². The number of carbonyl (C=O) groups excluding carboxylic acids is 1. The molecule has 1 aromatic carbocycles. The van der Waals surface area contributed by atoms with E-state index in [0.29, 0.717) is 5.52 Å². The highest BCUT2D eigenvalue weighted by Crippen LogP contribution is 2.16. The molecule has 10 nitrogen and oxygen atoms in total. The fraction of sp³-hybridized carbons (Fsp3) is 0. The van der Waals surface area contributed by atoms with E-state index >= 15 is 0 Å². The van der Waals surface area contributed by atoms with Gasteiger partial charge in [0.1, 0.15) is 5.69 Å². The zero-order valence-electron chi connectivity index (χ0n) is 11.3. The van der Waals surface area contributed by atoms with Crippen molar-refractivity contribution in [2.75, 3.05) is 0 Å². The van der Waals surface area contributed by atoms with Crippen LogP contribution in [0.25, 0.3) is 11.1 Å². The predicted molar refractivity (Wildman–Crippen MR) is 76.7 cm³/mol. The molecule has 0 saturated heterocycles. The van der Waals surface area contributed by atoms with Crippen molar-refractivity contribution >= 4 is 27.0 Å². The third-order valence-corrected chi connectivity index (χ3v) is 4.04. The van der Waals surface area contributed by atoms with Crippen molar-refractivity contribution in [3.63, 3.8) is 0 Å². The number of rotatable bonds is 4. The van der Waals surface area contributed by atoms with Gasteiger partial charge in [0.25, 0.3) is 15.9 Å². The van der Waals surface area contributed by atoms with Crippen LogP contribution < -0.4 is 16.0 Å². The summed E-state index contributed by atoms with van der Waals surface area (Å²) in [5, 5.41) is 0. The number of hydrogen-bond acceptors (Lipinski definition) is 7. The fourth-order valence-electron chi connectivity index (χ4n) is 1.75. The molecule has 0 atom stereocenters. The molecular formula is C12H9N5O5S. The molecule has 0 bridgehead atoms. The van der Waals surface area contributed by atoms with E-state index in [-0.39, 0.29) is 16.2 Å². The van der Waals surface area contributed by atoms with Crippen LogP contribution in [0, 0.1) is 0 Å². The minimum atomic E-state index is -4.05. The SMILES string of the molecule is O=C(NNS(=O)(=O)c1ccc2[nH]c(=O)oc2c1)c1cnccn1. The average molecular weight is 335 g/mol. The van der Waals surface area contributed by atoms with Gasteiger partial charge in [-0.25, -0.2) is 18.2 Å². The number of hydrazine groups is 1. The van der Waals surface area contributed by atoms with Gasteiger partial charge < -0.3 is 4.42 Å². The Bertz CT molecular complexity index is 1020. The summed E-state index contributed by atoms with van der Waals surface area (Å²) in [4.78, 5) is 34.3. The number of aromatic amines is 1. The number of aromatic nitrogens is 3. The Labute approximate surface area is 128 Å². The molecule has 118 valence electrons. The van der Waals surface area contributed by atoms with Gasteiger partial charge in [-0.2, -0.15) is 0 Å². The first-order valence-electron chi connectivity index (χ1n) is 6.17. The van der Waals surface area contributed by atoms with Crippen molar-refractivity contribution in [1.82, 2.24) is 25.2 Å². The van der Waals surface area contributed by atoms with Gasteiger partial charge >= 0.3 is 5.76 Å². The second-order valence-electron chi connectivity index (χ2n) is 4.32. The highest BCUT2D eigenvalue weighted by molar-refractivity contribution is 7.89. The van der Waals surface area contributed by atoms with Gasteiger partial charge in [0.05, 0.1) is 16.6 Å². The lowest BCUT2D eigenvalue weighted by Crippen LogP contribution is -2.41. The first-order chi connectivity index (χ1) is 11.0. The third-order valence-electron chi connectivity index (χ3n) is 2.80. The highest BCUT2D eigenvalue weighted by atomic mass is 32.2. The van der Waals surface area contributed by atoms with Crippen LogP contribution in [0.1, 0.15) is 10.5 Å². The van der Waals surface area contributed by atoms with Crippen LogP contribution in [-0.2, 0) is 10.0 Å². The summed E-state index contributed by atoms with van der Waals surface area (Å²) in [6.07, 6.45) is 3.86. The van der Waals surface area contributed by atoms with Crippen LogP contribution in [0.5, 0.6) is 0 Å². The van der Waals surface area contributed by atoms with Gasteiger partial charge in [0.2, 0.25) is 0 Å². The number of nitrogens with one attached hydrogen (secondary N) is 3. The molecule has 0 spiro atoms. The standard InChI is InChI=1S/C12H9N5O5S/c18-11(9-6-13-3-4-14-9)16-17-23(20,21)7-1-2-8-10(5-7)22-12(19)15-8/h1-6,17H,(H,15,19)(H,16,18). The summed E-state index contributed by atoms with van der Waals surface area (Å²) in [5.74, 6) is -1.46. The second kappa shape index (κ2) is 5.62. The Hall–Kier alpha value is -3.05. The van der Waals surface area contributed by atoms with Crippen molar-refractivity contribution < 1.29 is 17.6 Å². The number of H-pyrrole nitrogens is 1. The van der Waals surface area contributed by atoms with Crippen LogP contribution in [0.4, 0.5) is 0 Å². The van der Waals surface area contributed by atoms with E-state index in [1.54, 1.807) is 0 Å². The summed E-state index contributed by atoms with van der Waals surface area (Å²) in [6.45, 7) is 0. The Morgan fingerprint density at radius 1 is 1.26 bits per heavy atom. The molecule has 1 amide bonds. The zero-order valence-corrected chi connectivity index (χ0v) is 12.1. The van der Waals surface area contributed by atoms with Gasteiger partial charge in [-0.1, -0.05) is 0 Å². The number of sulfonamides is 1. The summed E-state index contributed by atoms with van der Waals surface area (Å²) >= 11 is 0. The van der Waals surface area contributed by atoms with Crippen LogP contribution in [0.2, 0.25) is 0 Å². The molecule has 3 rings (SSSR count).